The summed E-state index contributed by atoms with van der Waals surface area (Å²) >= 11 is 0. The molecule has 190 valence electrons. The molecule has 0 spiro atoms. The summed E-state index contributed by atoms with van der Waals surface area (Å²) in [4.78, 5) is 20.2. The summed E-state index contributed by atoms with van der Waals surface area (Å²) in [5.41, 5.74) is 2.93. The molecule has 0 heterocycles. The SMILES string of the molecule is C=O.CC[C@@H]1CC[C@@H](Oc2ccc(CC(=O)NS(C)(=O)=O)cc2-c2cccc(F)c2C2CCC2)C1. The first-order valence-electron chi connectivity index (χ1n) is 12.1. The molecule has 0 unspecified atom stereocenters. The van der Waals surface area contributed by atoms with Gasteiger partial charge in [0.1, 0.15) is 18.4 Å². The molecule has 2 aliphatic rings. The van der Waals surface area contributed by atoms with Crippen molar-refractivity contribution in [3.8, 4) is 16.9 Å². The molecule has 2 saturated carbocycles. The first-order valence-corrected chi connectivity index (χ1v) is 14.0. The summed E-state index contributed by atoms with van der Waals surface area (Å²) in [6, 6.07) is 10.6. The van der Waals surface area contributed by atoms with E-state index in [0.29, 0.717) is 22.8 Å². The van der Waals surface area contributed by atoms with E-state index in [1.807, 2.05) is 29.7 Å². The van der Waals surface area contributed by atoms with Crippen LogP contribution in [0.15, 0.2) is 36.4 Å². The van der Waals surface area contributed by atoms with Crippen LogP contribution in [0, 0.1) is 11.7 Å². The van der Waals surface area contributed by atoms with Crippen LogP contribution in [0.5, 0.6) is 5.75 Å². The lowest BCUT2D eigenvalue weighted by Gasteiger charge is -2.29. The van der Waals surface area contributed by atoms with Crippen LogP contribution in [0.3, 0.4) is 0 Å². The number of sulfonamides is 1. The fraction of sp³-hybridized carbons (Fsp3) is 0.481. The number of benzene rings is 2. The maximum Gasteiger partial charge on any atom is 0.237 e. The standard InChI is InChI=1S/C26H32FNO4S.CH2O/c1-3-17-10-12-20(14-17)32-24-13-11-18(16-25(29)28-33(2,30)31)15-22(24)21-8-5-9-23(27)26(21)19-6-4-7-19;1-2/h5,8-9,11,13,15,17,19-20H,3-4,6-7,10,12,14,16H2,1-2H3,(H,28,29);1H2/t17-,20-;/m1./s1. The maximum atomic E-state index is 15.0. The minimum atomic E-state index is -3.63. The molecule has 2 aliphatic carbocycles. The van der Waals surface area contributed by atoms with Crippen molar-refractivity contribution in [2.45, 2.75) is 70.3 Å². The van der Waals surface area contributed by atoms with Crippen LogP contribution in [0.4, 0.5) is 4.39 Å². The van der Waals surface area contributed by atoms with Crippen LogP contribution >= 0.6 is 0 Å². The third-order valence-corrected chi connectivity index (χ3v) is 7.53. The van der Waals surface area contributed by atoms with E-state index < -0.39 is 15.9 Å². The number of hydrogen-bond acceptors (Lipinski definition) is 5. The molecule has 4 rings (SSSR count). The number of ether oxygens (including phenoxy) is 1. The van der Waals surface area contributed by atoms with Crippen molar-refractivity contribution in [1.29, 1.82) is 0 Å². The summed E-state index contributed by atoms with van der Waals surface area (Å²) in [5, 5.41) is 0. The molecule has 0 bridgehead atoms. The van der Waals surface area contributed by atoms with Crippen LogP contribution in [-0.4, -0.2) is 33.5 Å². The molecule has 0 aromatic heterocycles. The van der Waals surface area contributed by atoms with Crippen molar-refractivity contribution in [3.63, 3.8) is 0 Å². The van der Waals surface area contributed by atoms with E-state index in [1.54, 1.807) is 12.1 Å². The van der Waals surface area contributed by atoms with E-state index in [9.17, 15) is 17.6 Å². The van der Waals surface area contributed by atoms with Crippen LogP contribution in [-0.2, 0) is 26.0 Å². The minimum absolute atomic E-state index is 0.0875. The molecule has 8 heteroatoms. The summed E-state index contributed by atoms with van der Waals surface area (Å²) in [6.45, 7) is 4.20. The fourth-order valence-electron chi connectivity index (χ4n) is 5.00. The molecule has 2 aromatic rings. The number of halogens is 1. The van der Waals surface area contributed by atoms with Crippen LogP contribution in [0.25, 0.3) is 11.1 Å². The molecule has 1 N–H and O–H groups in total. The molecule has 2 aromatic carbocycles. The van der Waals surface area contributed by atoms with Crippen LogP contribution < -0.4 is 9.46 Å². The predicted molar refractivity (Wildman–Crippen MR) is 134 cm³/mol. The van der Waals surface area contributed by atoms with Gasteiger partial charge in [-0.2, -0.15) is 0 Å². The highest BCUT2D eigenvalue weighted by Gasteiger charge is 2.29. The van der Waals surface area contributed by atoms with E-state index in [-0.39, 0.29) is 24.3 Å². The second-order valence-electron chi connectivity index (χ2n) is 9.46. The van der Waals surface area contributed by atoms with Gasteiger partial charge in [-0.15, -0.1) is 0 Å². The maximum absolute atomic E-state index is 15.0. The molecule has 2 fully saturated rings. The van der Waals surface area contributed by atoms with Crippen molar-refractivity contribution >= 4 is 22.7 Å². The Labute approximate surface area is 207 Å². The summed E-state index contributed by atoms with van der Waals surface area (Å²) in [7, 11) is -3.63. The average molecular weight is 504 g/mol. The highest BCUT2D eigenvalue weighted by Crippen LogP contribution is 2.45. The highest BCUT2D eigenvalue weighted by atomic mass is 32.2. The molecule has 1 amide bonds. The lowest BCUT2D eigenvalue weighted by atomic mass is 9.76. The Morgan fingerprint density at radius 1 is 1.11 bits per heavy atom. The van der Waals surface area contributed by atoms with Crippen molar-refractivity contribution in [3.05, 3.63) is 53.3 Å². The third-order valence-electron chi connectivity index (χ3n) is 6.93. The summed E-state index contributed by atoms with van der Waals surface area (Å²) < 4.78 is 46.3. The predicted octanol–water partition coefficient (Wildman–Crippen LogP) is 5.15. The lowest BCUT2D eigenvalue weighted by molar-refractivity contribution is -0.118. The number of carbonyl (C=O) groups excluding carboxylic acids is 2. The van der Waals surface area contributed by atoms with Gasteiger partial charge in [0.2, 0.25) is 15.9 Å². The first kappa shape index (κ1) is 26.9. The molecular weight excluding hydrogens is 469 g/mol. The second-order valence-corrected chi connectivity index (χ2v) is 11.2. The largest absolute Gasteiger partial charge is 0.490 e. The zero-order chi connectivity index (χ0) is 25.6. The summed E-state index contributed by atoms with van der Waals surface area (Å²) in [5.74, 6) is 0.724. The van der Waals surface area contributed by atoms with E-state index in [2.05, 4.69) is 6.92 Å². The van der Waals surface area contributed by atoms with E-state index in [0.717, 1.165) is 62.3 Å². The van der Waals surface area contributed by atoms with Crippen LogP contribution in [0.2, 0.25) is 0 Å². The summed E-state index contributed by atoms with van der Waals surface area (Å²) in [6.07, 6.45) is 8.28. The van der Waals surface area contributed by atoms with E-state index in [4.69, 9.17) is 9.53 Å². The normalized spacial score (nSPS) is 19.9. The number of nitrogens with one attached hydrogen (secondary N) is 1. The molecule has 2 atom stereocenters. The number of rotatable bonds is 8. The van der Waals surface area contributed by atoms with Gasteiger partial charge in [0, 0.05) is 5.56 Å². The Bertz CT molecular complexity index is 1150. The zero-order valence-electron chi connectivity index (χ0n) is 20.4. The Hall–Kier alpha value is -2.74. The quantitative estimate of drug-likeness (QED) is 0.538. The highest BCUT2D eigenvalue weighted by molar-refractivity contribution is 7.89. The number of hydrogen-bond donors (Lipinski definition) is 1. The van der Waals surface area contributed by atoms with Gasteiger partial charge in [0.15, 0.2) is 0 Å². The lowest BCUT2D eigenvalue weighted by Crippen LogP contribution is -2.30. The van der Waals surface area contributed by atoms with Crippen LogP contribution in [0.1, 0.15) is 68.9 Å². The Kier molecular flexibility index (Phi) is 9.05. The zero-order valence-corrected chi connectivity index (χ0v) is 21.2. The van der Waals surface area contributed by atoms with Gasteiger partial charge < -0.3 is 9.53 Å². The van der Waals surface area contributed by atoms with Gasteiger partial charge in [0.25, 0.3) is 0 Å². The molecule has 0 radical (unpaired) electrons. The van der Waals surface area contributed by atoms with Gasteiger partial charge >= 0.3 is 0 Å². The van der Waals surface area contributed by atoms with E-state index >= 15 is 0 Å². The van der Waals surface area contributed by atoms with Gasteiger partial charge in [-0.1, -0.05) is 38.0 Å². The smallest absolute Gasteiger partial charge is 0.237 e. The van der Waals surface area contributed by atoms with Gasteiger partial charge in [-0.3, -0.25) is 9.52 Å². The third kappa shape index (κ3) is 6.90. The van der Waals surface area contributed by atoms with Crippen molar-refractivity contribution < 1.29 is 27.1 Å². The van der Waals surface area contributed by atoms with Gasteiger partial charge in [-0.05, 0) is 78.8 Å². The fourth-order valence-corrected chi connectivity index (χ4v) is 5.48. The molecule has 0 aliphatic heterocycles. The Balaban J connectivity index is 0.00000167. The van der Waals surface area contributed by atoms with E-state index in [1.165, 1.54) is 6.07 Å². The molecule has 0 saturated heterocycles. The second kappa shape index (κ2) is 11.8. The Morgan fingerprint density at radius 2 is 1.86 bits per heavy atom. The molecular formula is C27H34FNO5S. The van der Waals surface area contributed by atoms with Gasteiger partial charge in [0.05, 0.1) is 18.8 Å². The Morgan fingerprint density at radius 3 is 2.46 bits per heavy atom. The number of amides is 1. The molecule has 35 heavy (non-hydrogen) atoms. The average Bonchev–Trinajstić information content (AvgIpc) is 3.23. The number of carbonyl (C=O) groups is 2. The molecule has 6 nitrogen and oxygen atoms in total. The van der Waals surface area contributed by atoms with Gasteiger partial charge in [-0.25, -0.2) is 12.8 Å². The van der Waals surface area contributed by atoms with Crippen molar-refractivity contribution in [2.24, 2.45) is 5.92 Å². The van der Waals surface area contributed by atoms with Crippen molar-refractivity contribution in [1.82, 2.24) is 4.72 Å². The monoisotopic (exact) mass is 503 g/mol. The minimum Gasteiger partial charge on any atom is -0.490 e. The topological polar surface area (TPSA) is 89.5 Å². The first-order chi connectivity index (χ1) is 16.7. The van der Waals surface area contributed by atoms with Crippen molar-refractivity contribution in [2.75, 3.05) is 6.26 Å².